The summed E-state index contributed by atoms with van der Waals surface area (Å²) in [6, 6.07) is 0. The Morgan fingerprint density at radius 1 is 0.615 bits per heavy atom. The maximum Gasteiger partial charge on any atom is 0.237 e. The second kappa shape index (κ2) is 6.26. The van der Waals surface area contributed by atoms with Gasteiger partial charge in [0.15, 0.2) is 11.5 Å². The summed E-state index contributed by atoms with van der Waals surface area (Å²) in [4.78, 5) is 54.4. The zero-order valence-corrected chi connectivity index (χ0v) is 23.4. The van der Waals surface area contributed by atoms with Gasteiger partial charge in [-0.1, -0.05) is 55.4 Å². The van der Waals surface area contributed by atoms with Gasteiger partial charge in [0, 0.05) is 34.5 Å². The highest BCUT2D eigenvalue weighted by Gasteiger charge is 2.86. The Hall–Kier alpha value is -2.36. The van der Waals surface area contributed by atoms with E-state index in [0.29, 0.717) is 0 Å². The molecule has 0 radical (unpaired) electrons. The average Bonchev–Trinajstić information content (AvgIpc) is 3.59. The largest absolute Gasteiger partial charge is 0.504 e. The van der Waals surface area contributed by atoms with E-state index >= 15 is 0 Å². The van der Waals surface area contributed by atoms with Crippen LogP contribution >= 0.6 is 0 Å². The fourth-order valence-electron chi connectivity index (χ4n) is 11.2. The van der Waals surface area contributed by atoms with Gasteiger partial charge in [-0.25, -0.2) is 0 Å². The van der Waals surface area contributed by atoms with Gasteiger partial charge in [-0.15, -0.1) is 0 Å². The van der Waals surface area contributed by atoms with E-state index in [-0.39, 0.29) is 23.0 Å². The molecule has 0 spiro atoms. The SMILES string of the molecule is C[C@H]1[C@@H]2[C@H]3[C@H](C)[C@]4(C)C(=C(O)C(=O)[C@H]5[C@@H]4C5(C)C)C(=O)[C@@]3(O)O[C@]2(O)C(=O)C2=C(O)C(=O)[C@H]3[C@H](C3(C)C)[C@@]21C. The number of rotatable bonds is 0. The molecule has 0 bridgehead atoms. The summed E-state index contributed by atoms with van der Waals surface area (Å²) < 4.78 is 5.77. The van der Waals surface area contributed by atoms with Crippen LogP contribution in [0.3, 0.4) is 0 Å². The number of fused-ring (bicyclic) bond motifs is 9. The number of carbonyl (C=O) groups is 4. The highest BCUT2D eigenvalue weighted by molar-refractivity contribution is 6.15. The molecule has 0 aromatic carbocycles. The predicted octanol–water partition coefficient (Wildman–Crippen LogP) is 2.41. The lowest BCUT2D eigenvalue weighted by Crippen LogP contribution is -2.63. The number of ketones is 4. The molecular weight excluding hydrogens is 504 g/mol. The van der Waals surface area contributed by atoms with Gasteiger partial charge in [-0.3, -0.25) is 19.2 Å². The first-order valence-corrected chi connectivity index (χ1v) is 13.9. The van der Waals surface area contributed by atoms with Crippen LogP contribution in [0.15, 0.2) is 22.7 Å². The minimum absolute atomic E-state index is 0.211. The van der Waals surface area contributed by atoms with E-state index in [1.165, 1.54) is 0 Å². The zero-order chi connectivity index (χ0) is 28.9. The van der Waals surface area contributed by atoms with Crippen molar-refractivity contribution >= 4 is 23.1 Å². The van der Waals surface area contributed by atoms with Gasteiger partial charge in [-0.05, 0) is 34.5 Å². The topological polar surface area (TPSA) is 158 Å². The third-order valence-corrected chi connectivity index (χ3v) is 13.2. The first-order valence-electron chi connectivity index (χ1n) is 13.9. The molecule has 7 aliphatic rings. The minimum Gasteiger partial charge on any atom is -0.504 e. The lowest BCUT2D eigenvalue weighted by molar-refractivity contribution is -0.284. The number of aliphatic hydroxyl groups is 4. The number of allylic oxidation sites excluding steroid dienone is 2. The normalized spacial score (nSPS) is 55.8. The molecule has 210 valence electrons. The van der Waals surface area contributed by atoms with Crippen molar-refractivity contribution in [2.45, 2.75) is 67.0 Å². The lowest BCUT2D eigenvalue weighted by atomic mass is 9.46. The van der Waals surface area contributed by atoms with Crippen LogP contribution in [-0.4, -0.2) is 55.1 Å². The van der Waals surface area contributed by atoms with Crippen molar-refractivity contribution in [1.82, 2.24) is 0 Å². The molecule has 1 saturated heterocycles. The van der Waals surface area contributed by atoms with Crippen LogP contribution in [0, 0.1) is 69.0 Å². The smallest absolute Gasteiger partial charge is 0.237 e. The molecule has 9 nitrogen and oxygen atoms in total. The molecule has 7 rings (SSSR count). The standard InChI is InChI=1S/C30H36O9/c1-9-11-12-10(2)28(8)16(20(34)18(32)14-22(28)26(14,5)6)24(36)30(12,38)39-29(11,37)23(35)15-19(33)17(31)13-21(25(13,3)4)27(9,15)7/h9-14,21-22,33-34,37-38H,1-8H3/t9-,10-,11+,12+,13-,14-,21+,22+,27+,28+,29-,30-/m0/s1. The van der Waals surface area contributed by atoms with E-state index in [1.54, 1.807) is 0 Å². The van der Waals surface area contributed by atoms with Crippen LogP contribution in [-0.2, 0) is 23.9 Å². The Bertz CT molecular complexity index is 1330. The molecule has 9 heteroatoms. The molecule has 6 aliphatic carbocycles. The van der Waals surface area contributed by atoms with E-state index in [4.69, 9.17) is 4.74 Å². The molecule has 0 unspecified atom stereocenters. The molecule has 5 fully saturated rings. The average molecular weight is 541 g/mol. The van der Waals surface area contributed by atoms with Crippen LogP contribution in [0.25, 0.3) is 0 Å². The van der Waals surface area contributed by atoms with Gasteiger partial charge in [0.2, 0.25) is 34.7 Å². The Morgan fingerprint density at radius 2 is 0.923 bits per heavy atom. The van der Waals surface area contributed by atoms with Crippen molar-refractivity contribution in [3.8, 4) is 0 Å². The molecule has 0 amide bonds. The Kier molecular flexibility index (Phi) is 4.11. The monoisotopic (exact) mass is 540 g/mol. The van der Waals surface area contributed by atoms with Gasteiger partial charge in [0.25, 0.3) is 0 Å². The third-order valence-electron chi connectivity index (χ3n) is 13.2. The Morgan fingerprint density at radius 3 is 1.23 bits per heavy atom. The van der Waals surface area contributed by atoms with E-state index in [9.17, 15) is 39.6 Å². The summed E-state index contributed by atoms with van der Waals surface area (Å²) in [5.41, 5.74) is -3.48. The maximum atomic E-state index is 14.1. The zero-order valence-electron chi connectivity index (χ0n) is 23.4. The minimum atomic E-state index is -2.69. The second-order valence-corrected chi connectivity index (χ2v) is 15.1. The number of hydrogen-bond donors (Lipinski definition) is 4. The molecule has 0 aromatic heterocycles. The van der Waals surface area contributed by atoms with E-state index in [0.717, 1.165) is 0 Å². The van der Waals surface area contributed by atoms with Crippen LogP contribution in [0.4, 0.5) is 0 Å². The number of carbonyl (C=O) groups excluding carboxylic acids is 4. The van der Waals surface area contributed by atoms with Gasteiger partial charge >= 0.3 is 0 Å². The van der Waals surface area contributed by atoms with Gasteiger partial charge < -0.3 is 25.2 Å². The number of aliphatic hydroxyl groups excluding tert-OH is 2. The molecule has 12 atom stereocenters. The van der Waals surface area contributed by atoms with Gasteiger partial charge in [-0.2, -0.15) is 0 Å². The van der Waals surface area contributed by atoms with Gasteiger partial charge in [0.05, 0.1) is 11.1 Å². The number of hydrogen-bond acceptors (Lipinski definition) is 9. The predicted molar refractivity (Wildman–Crippen MR) is 133 cm³/mol. The Balaban J connectivity index is 1.46. The molecule has 0 aromatic rings. The summed E-state index contributed by atoms with van der Waals surface area (Å²) in [5, 5.41) is 46.0. The van der Waals surface area contributed by atoms with Crippen molar-refractivity contribution in [3.05, 3.63) is 22.7 Å². The first kappa shape index (κ1) is 25.6. The maximum absolute atomic E-state index is 14.1. The van der Waals surface area contributed by atoms with Crippen LogP contribution < -0.4 is 0 Å². The van der Waals surface area contributed by atoms with Gasteiger partial charge in [0.1, 0.15) is 0 Å². The lowest BCUT2D eigenvalue weighted by Gasteiger charge is -2.55. The van der Waals surface area contributed by atoms with Crippen LogP contribution in [0.1, 0.15) is 55.4 Å². The highest BCUT2D eigenvalue weighted by Crippen LogP contribution is 2.80. The first-order chi connectivity index (χ1) is 17.7. The summed E-state index contributed by atoms with van der Waals surface area (Å²) >= 11 is 0. The summed E-state index contributed by atoms with van der Waals surface area (Å²) in [6.45, 7) is 15.0. The highest BCUT2D eigenvalue weighted by atomic mass is 16.7. The fraction of sp³-hybridized carbons (Fsp3) is 0.733. The van der Waals surface area contributed by atoms with Crippen molar-refractivity contribution in [3.63, 3.8) is 0 Å². The quantitative estimate of drug-likeness (QED) is 0.362. The van der Waals surface area contributed by atoms with Crippen LogP contribution in [0.5, 0.6) is 0 Å². The summed E-state index contributed by atoms with van der Waals surface area (Å²) in [5.74, 6) is -14.7. The van der Waals surface area contributed by atoms with Crippen molar-refractivity contribution < 1.29 is 44.3 Å². The molecule has 39 heavy (non-hydrogen) atoms. The van der Waals surface area contributed by atoms with Crippen molar-refractivity contribution in [2.75, 3.05) is 0 Å². The number of Topliss-reactive ketones (excluding diaryl/α,β-unsaturated/α-hetero) is 4. The van der Waals surface area contributed by atoms with E-state index in [1.807, 2.05) is 55.4 Å². The molecule has 4 N–H and O–H groups in total. The second-order valence-electron chi connectivity index (χ2n) is 15.1. The molecule has 4 saturated carbocycles. The van der Waals surface area contributed by atoms with Crippen molar-refractivity contribution in [2.24, 2.45) is 69.0 Å². The summed E-state index contributed by atoms with van der Waals surface area (Å²) in [7, 11) is 0. The molecular formula is C30H36O9. The molecule has 1 heterocycles. The van der Waals surface area contributed by atoms with Crippen molar-refractivity contribution in [1.29, 1.82) is 0 Å². The molecule has 1 aliphatic heterocycles. The van der Waals surface area contributed by atoms with Crippen LogP contribution in [0.2, 0.25) is 0 Å². The third kappa shape index (κ3) is 2.19. The fourth-order valence-corrected chi connectivity index (χ4v) is 11.2. The number of ether oxygens (including phenoxy) is 1. The summed E-state index contributed by atoms with van der Waals surface area (Å²) in [6.07, 6.45) is 0. The van der Waals surface area contributed by atoms with E-state index < -0.39 is 103 Å². The van der Waals surface area contributed by atoms with E-state index in [2.05, 4.69) is 0 Å². The Labute approximate surface area is 226 Å².